The largest absolute Gasteiger partial charge is 0.353 e. The maximum atomic E-state index is 11.8. The molecule has 0 aromatic heterocycles. The minimum absolute atomic E-state index is 0.315. The number of nitrogens with zero attached hydrogens (tertiary/aromatic N) is 1. The second kappa shape index (κ2) is 5.17. The van der Waals surface area contributed by atoms with Gasteiger partial charge in [-0.25, -0.2) is 0 Å². The first kappa shape index (κ1) is 11.9. The number of nitrogens with one attached hydrogen (secondary N) is 1. The Bertz CT molecular complexity index is 248. The van der Waals surface area contributed by atoms with Crippen molar-refractivity contribution in [3.05, 3.63) is 0 Å². The monoisotopic (exact) mass is 224 g/mol. The summed E-state index contributed by atoms with van der Waals surface area (Å²) in [7, 11) is 4.24. The SMILES string of the molecule is CN(C)CC1CCCCC1NC(=O)C1CC1. The summed E-state index contributed by atoms with van der Waals surface area (Å²) < 4.78 is 0. The third-order valence-electron chi connectivity index (χ3n) is 3.78. The number of hydrogen-bond donors (Lipinski definition) is 1. The Morgan fingerprint density at radius 1 is 1.19 bits per heavy atom. The highest BCUT2D eigenvalue weighted by atomic mass is 16.2. The molecule has 1 N–H and O–H groups in total. The van der Waals surface area contributed by atoms with Gasteiger partial charge in [-0.1, -0.05) is 12.8 Å². The van der Waals surface area contributed by atoms with Gasteiger partial charge >= 0.3 is 0 Å². The summed E-state index contributed by atoms with van der Waals surface area (Å²) in [5.41, 5.74) is 0. The Kier molecular flexibility index (Phi) is 3.85. The molecular formula is C13H24N2O. The number of rotatable bonds is 4. The third kappa shape index (κ3) is 3.21. The summed E-state index contributed by atoms with van der Waals surface area (Å²) in [4.78, 5) is 14.0. The Labute approximate surface area is 98.6 Å². The highest BCUT2D eigenvalue weighted by Crippen LogP contribution is 2.31. The van der Waals surface area contributed by atoms with Crippen LogP contribution in [0.3, 0.4) is 0 Å². The van der Waals surface area contributed by atoms with Gasteiger partial charge in [-0.3, -0.25) is 4.79 Å². The number of hydrogen-bond acceptors (Lipinski definition) is 2. The van der Waals surface area contributed by atoms with Crippen LogP contribution >= 0.6 is 0 Å². The van der Waals surface area contributed by atoms with Crippen molar-refractivity contribution >= 4 is 5.91 Å². The van der Waals surface area contributed by atoms with Crippen LogP contribution in [0.5, 0.6) is 0 Å². The predicted molar refractivity (Wildman–Crippen MR) is 65.2 cm³/mol. The summed E-state index contributed by atoms with van der Waals surface area (Å²) in [5.74, 6) is 1.32. The third-order valence-corrected chi connectivity index (χ3v) is 3.78. The molecule has 3 heteroatoms. The van der Waals surface area contributed by atoms with E-state index in [0.29, 0.717) is 23.8 Å². The van der Waals surface area contributed by atoms with Crippen LogP contribution in [0.15, 0.2) is 0 Å². The van der Waals surface area contributed by atoms with E-state index in [-0.39, 0.29) is 0 Å². The molecule has 2 aliphatic carbocycles. The zero-order valence-corrected chi connectivity index (χ0v) is 10.5. The van der Waals surface area contributed by atoms with E-state index in [0.717, 1.165) is 19.4 Å². The molecule has 0 saturated heterocycles. The maximum Gasteiger partial charge on any atom is 0.223 e. The average Bonchev–Trinajstić information content (AvgIpc) is 3.03. The molecular weight excluding hydrogens is 200 g/mol. The van der Waals surface area contributed by atoms with E-state index in [4.69, 9.17) is 0 Å². The van der Waals surface area contributed by atoms with Crippen LogP contribution < -0.4 is 5.32 Å². The van der Waals surface area contributed by atoms with E-state index in [1.54, 1.807) is 0 Å². The molecule has 2 rings (SSSR count). The summed E-state index contributed by atoms with van der Waals surface area (Å²) in [5, 5.41) is 3.27. The van der Waals surface area contributed by atoms with Crippen LogP contribution in [0, 0.1) is 11.8 Å². The average molecular weight is 224 g/mol. The highest BCUT2D eigenvalue weighted by Gasteiger charge is 2.33. The highest BCUT2D eigenvalue weighted by molar-refractivity contribution is 5.81. The smallest absolute Gasteiger partial charge is 0.223 e. The Hall–Kier alpha value is -0.570. The van der Waals surface area contributed by atoms with Crippen molar-refractivity contribution in [2.45, 2.75) is 44.6 Å². The van der Waals surface area contributed by atoms with E-state index < -0.39 is 0 Å². The zero-order valence-electron chi connectivity index (χ0n) is 10.5. The minimum Gasteiger partial charge on any atom is -0.353 e. The lowest BCUT2D eigenvalue weighted by Crippen LogP contribution is -2.45. The lowest BCUT2D eigenvalue weighted by atomic mass is 9.84. The van der Waals surface area contributed by atoms with E-state index in [1.807, 2.05) is 0 Å². The van der Waals surface area contributed by atoms with Gasteiger partial charge in [-0.15, -0.1) is 0 Å². The molecule has 2 atom stereocenters. The fourth-order valence-electron chi connectivity index (χ4n) is 2.73. The molecule has 16 heavy (non-hydrogen) atoms. The molecule has 0 aromatic rings. The summed E-state index contributed by atoms with van der Waals surface area (Å²) in [6.07, 6.45) is 7.27. The lowest BCUT2D eigenvalue weighted by Gasteiger charge is -2.34. The summed E-state index contributed by atoms with van der Waals surface area (Å²) in [6, 6.07) is 0.434. The first-order valence-corrected chi connectivity index (χ1v) is 6.62. The second-order valence-electron chi connectivity index (χ2n) is 5.70. The fourth-order valence-corrected chi connectivity index (χ4v) is 2.73. The predicted octanol–water partition coefficient (Wildman–Crippen LogP) is 1.63. The fraction of sp³-hybridized carbons (Fsp3) is 0.923. The quantitative estimate of drug-likeness (QED) is 0.787. The standard InChI is InChI=1S/C13H24N2O/c1-15(2)9-11-5-3-4-6-12(11)14-13(16)10-7-8-10/h10-12H,3-9H2,1-2H3,(H,14,16). The lowest BCUT2D eigenvalue weighted by molar-refractivity contribution is -0.123. The first-order valence-electron chi connectivity index (χ1n) is 6.62. The molecule has 0 spiro atoms. The van der Waals surface area contributed by atoms with Crippen molar-refractivity contribution in [3.63, 3.8) is 0 Å². The van der Waals surface area contributed by atoms with Crippen molar-refractivity contribution in [2.24, 2.45) is 11.8 Å². The molecule has 3 nitrogen and oxygen atoms in total. The maximum absolute atomic E-state index is 11.8. The Balaban J connectivity index is 1.85. The van der Waals surface area contributed by atoms with Crippen molar-refractivity contribution in [1.82, 2.24) is 10.2 Å². The van der Waals surface area contributed by atoms with Gasteiger partial charge in [0, 0.05) is 18.5 Å². The molecule has 0 aliphatic heterocycles. The molecule has 1 amide bonds. The molecule has 0 radical (unpaired) electrons. The van der Waals surface area contributed by atoms with Crippen molar-refractivity contribution in [3.8, 4) is 0 Å². The van der Waals surface area contributed by atoms with Crippen LogP contribution in [-0.4, -0.2) is 37.5 Å². The number of carbonyl (C=O) groups excluding carboxylic acids is 1. The molecule has 2 aliphatic rings. The van der Waals surface area contributed by atoms with Gasteiger partial charge in [0.1, 0.15) is 0 Å². The van der Waals surface area contributed by atoms with E-state index in [1.165, 1.54) is 25.7 Å². The van der Waals surface area contributed by atoms with Gasteiger partial charge in [0.2, 0.25) is 5.91 Å². The molecule has 2 fully saturated rings. The van der Waals surface area contributed by atoms with Crippen LogP contribution in [-0.2, 0) is 4.79 Å². The molecule has 0 heterocycles. The van der Waals surface area contributed by atoms with E-state index >= 15 is 0 Å². The van der Waals surface area contributed by atoms with Crippen LogP contribution in [0.4, 0.5) is 0 Å². The number of carbonyl (C=O) groups is 1. The topological polar surface area (TPSA) is 32.3 Å². The summed E-state index contributed by atoms with van der Waals surface area (Å²) in [6.45, 7) is 1.11. The second-order valence-corrected chi connectivity index (χ2v) is 5.70. The molecule has 0 bridgehead atoms. The Morgan fingerprint density at radius 2 is 1.88 bits per heavy atom. The molecule has 0 aromatic carbocycles. The van der Waals surface area contributed by atoms with Crippen LogP contribution in [0.25, 0.3) is 0 Å². The van der Waals surface area contributed by atoms with Crippen molar-refractivity contribution in [1.29, 1.82) is 0 Å². The Morgan fingerprint density at radius 3 is 2.50 bits per heavy atom. The van der Waals surface area contributed by atoms with Crippen LogP contribution in [0.1, 0.15) is 38.5 Å². The molecule has 2 saturated carbocycles. The van der Waals surface area contributed by atoms with Gasteiger partial charge in [0.15, 0.2) is 0 Å². The van der Waals surface area contributed by atoms with Gasteiger partial charge in [0.05, 0.1) is 0 Å². The van der Waals surface area contributed by atoms with Gasteiger partial charge < -0.3 is 10.2 Å². The normalized spacial score (nSPS) is 30.4. The van der Waals surface area contributed by atoms with Gasteiger partial charge in [-0.05, 0) is 45.7 Å². The van der Waals surface area contributed by atoms with Crippen molar-refractivity contribution < 1.29 is 4.79 Å². The number of amides is 1. The zero-order chi connectivity index (χ0) is 11.5. The molecule has 92 valence electrons. The van der Waals surface area contributed by atoms with Gasteiger partial charge in [0.25, 0.3) is 0 Å². The van der Waals surface area contributed by atoms with E-state index in [2.05, 4.69) is 24.3 Å². The van der Waals surface area contributed by atoms with Gasteiger partial charge in [-0.2, -0.15) is 0 Å². The van der Waals surface area contributed by atoms with Crippen LogP contribution in [0.2, 0.25) is 0 Å². The first-order chi connectivity index (χ1) is 7.66. The van der Waals surface area contributed by atoms with E-state index in [9.17, 15) is 4.79 Å². The van der Waals surface area contributed by atoms with Crippen molar-refractivity contribution in [2.75, 3.05) is 20.6 Å². The summed E-state index contributed by atoms with van der Waals surface area (Å²) >= 11 is 0. The molecule has 2 unspecified atom stereocenters. The minimum atomic E-state index is 0.315.